The van der Waals surface area contributed by atoms with Gasteiger partial charge in [0, 0.05) is 11.6 Å². The van der Waals surface area contributed by atoms with Crippen LogP contribution >= 0.6 is 15.9 Å². The van der Waals surface area contributed by atoms with Gasteiger partial charge in [-0.05, 0) is 55.6 Å². The van der Waals surface area contributed by atoms with Gasteiger partial charge in [0.05, 0.1) is 5.54 Å². The van der Waals surface area contributed by atoms with E-state index in [0.29, 0.717) is 0 Å². The van der Waals surface area contributed by atoms with E-state index < -0.39 is 0 Å². The first-order chi connectivity index (χ1) is 6.98. The summed E-state index contributed by atoms with van der Waals surface area (Å²) in [5.41, 5.74) is 1.50. The highest BCUT2D eigenvalue weighted by atomic mass is 79.9. The molecule has 1 saturated carbocycles. The minimum Gasteiger partial charge on any atom is -0.263 e. The van der Waals surface area contributed by atoms with Crippen LogP contribution in [0.1, 0.15) is 58.1 Å². The lowest BCUT2D eigenvalue weighted by molar-refractivity contribution is 0.334. The van der Waals surface area contributed by atoms with Gasteiger partial charge in [-0.1, -0.05) is 12.8 Å². The number of aromatic nitrogens is 2. The summed E-state index contributed by atoms with van der Waals surface area (Å²) >= 11 is 3.49. The van der Waals surface area contributed by atoms with Crippen molar-refractivity contribution in [3.05, 3.63) is 16.4 Å². The Morgan fingerprint density at radius 3 is 2.47 bits per heavy atom. The Balaban J connectivity index is 2.37. The quantitative estimate of drug-likeness (QED) is 0.753. The summed E-state index contributed by atoms with van der Waals surface area (Å²) in [6.45, 7) is 6.64. The van der Waals surface area contributed by atoms with Gasteiger partial charge in [0.25, 0.3) is 0 Å². The van der Waals surface area contributed by atoms with E-state index in [9.17, 15) is 0 Å². The van der Waals surface area contributed by atoms with Crippen LogP contribution < -0.4 is 0 Å². The second-order valence-electron chi connectivity index (χ2n) is 5.46. The molecule has 0 N–H and O–H groups in total. The van der Waals surface area contributed by atoms with E-state index in [4.69, 9.17) is 0 Å². The number of halogens is 1. The Bertz CT molecular complexity index is 343. The van der Waals surface area contributed by atoms with Crippen molar-refractivity contribution in [2.75, 3.05) is 0 Å². The predicted octanol–water partition coefficient (Wildman–Crippen LogP) is 4.06. The van der Waals surface area contributed by atoms with Crippen molar-refractivity contribution in [1.29, 1.82) is 0 Å². The predicted molar refractivity (Wildman–Crippen MR) is 66.1 cm³/mol. The highest BCUT2D eigenvalue weighted by Crippen LogP contribution is 2.36. The van der Waals surface area contributed by atoms with Crippen LogP contribution in [-0.2, 0) is 5.54 Å². The minimum absolute atomic E-state index is 0.0872. The average Bonchev–Trinajstić information content (AvgIpc) is 2.68. The topological polar surface area (TPSA) is 17.8 Å². The van der Waals surface area contributed by atoms with Gasteiger partial charge in [-0.25, -0.2) is 0 Å². The lowest BCUT2D eigenvalue weighted by Gasteiger charge is -2.24. The summed E-state index contributed by atoms with van der Waals surface area (Å²) < 4.78 is 3.16. The Kier molecular flexibility index (Phi) is 2.93. The fraction of sp³-hybridized carbons (Fsp3) is 0.750. The summed E-state index contributed by atoms with van der Waals surface area (Å²) in [6.07, 6.45) is 5.40. The van der Waals surface area contributed by atoms with Crippen molar-refractivity contribution in [3.8, 4) is 0 Å². The maximum absolute atomic E-state index is 4.56. The van der Waals surface area contributed by atoms with Crippen molar-refractivity contribution < 1.29 is 0 Å². The van der Waals surface area contributed by atoms with Crippen LogP contribution in [0.25, 0.3) is 0 Å². The molecule has 0 bridgehead atoms. The van der Waals surface area contributed by atoms with Gasteiger partial charge in [-0.15, -0.1) is 0 Å². The molecule has 0 spiro atoms. The second kappa shape index (κ2) is 3.93. The van der Waals surface area contributed by atoms with Crippen LogP contribution in [0, 0.1) is 0 Å². The Morgan fingerprint density at radius 2 is 1.93 bits per heavy atom. The molecule has 15 heavy (non-hydrogen) atoms. The Labute approximate surface area is 100 Å². The first-order valence-corrected chi connectivity index (χ1v) is 6.54. The molecule has 0 radical (unpaired) electrons. The van der Waals surface area contributed by atoms with Crippen molar-refractivity contribution in [3.63, 3.8) is 0 Å². The molecule has 2 rings (SSSR count). The van der Waals surface area contributed by atoms with Crippen molar-refractivity contribution in [2.45, 2.75) is 57.9 Å². The minimum atomic E-state index is 0.0872. The maximum Gasteiger partial charge on any atom is 0.128 e. The fourth-order valence-electron chi connectivity index (χ4n) is 2.41. The maximum atomic E-state index is 4.56. The number of nitrogens with zero attached hydrogens (tertiary/aromatic N) is 2. The van der Waals surface area contributed by atoms with Crippen molar-refractivity contribution >= 4 is 15.9 Å². The zero-order valence-corrected chi connectivity index (χ0v) is 11.3. The third kappa shape index (κ3) is 2.27. The van der Waals surface area contributed by atoms with E-state index >= 15 is 0 Å². The first-order valence-electron chi connectivity index (χ1n) is 5.74. The van der Waals surface area contributed by atoms with E-state index in [1.165, 1.54) is 31.4 Å². The van der Waals surface area contributed by atoms with Crippen LogP contribution in [0.4, 0.5) is 0 Å². The van der Waals surface area contributed by atoms with Gasteiger partial charge < -0.3 is 0 Å². The molecule has 0 aromatic carbocycles. The molecule has 84 valence electrons. The molecule has 0 unspecified atom stereocenters. The van der Waals surface area contributed by atoms with Crippen LogP contribution in [-0.4, -0.2) is 9.78 Å². The first kappa shape index (κ1) is 11.2. The standard InChI is InChI=1S/C12H19BrN2/c1-12(2,3)15-10(8-11(13)14-15)9-6-4-5-7-9/h8-9H,4-7H2,1-3H3. The van der Waals surface area contributed by atoms with Gasteiger partial charge in [-0.2, -0.15) is 5.10 Å². The van der Waals surface area contributed by atoms with Crippen molar-refractivity contribution in [2.24, 2.45) is 0 Å². The molecule has 2 nitrogen and oxygen atoms in total. The zero-order chi connectivity index (χ0) is 11.1. The second-order valence-corrected chi connectivity index (χ2v) is 6.27. The molecular formula is C12H19BrN2. The largest absolute Gasteiger partial charge is 0.263 e. The fourth-order valence-corrected chi connectivity index (χ4v) is 2.81. The monoisotopic (exact) mass is 270 g/mol. The van der Waals surface area contributed by atoms with E-state index in [2.05, 4.69) is 52.5 Å². The lowest BCUT2D eigenvalue weighted by atomic mass is 10.0. The normalized spacial score (nSPS) is 18.7. The van der Waals surface area contributed by atoms with Crippen LogP contribution in [0.15, 0.2) is 10.7 Å². The molecule has 1 fully saturated rings. The Morgan fingerprint density at radius 1 is 1.33 bits per heavy atom. The lowest BCUT2D eigenvalue weighted by Crippen LogP contribution is -2.26. The van der Waals surface area contributed by atoms with Gasteiger partial charge in [0.1, 0.15) is 4.60 Å². The van der Waals surface area contributed by atoms with Gasteiger partial charge in [-0.3, -0.25) is 4.68 Å². The third-order valence-corrected chi connectivity index (χ3v) is 3.50. The number of hydrogen-bond donors (Lipinski definition) is 0. The highest BCUT2D eigenvalue weighted by molar-refractivity contribution is 9.10. The summed E-state index contributed by atoms with van der Waals surface area (Å²) in [5, 5.41) is 4.56. The summed E-state index contributed by atoms with van der Waals surface area (Å²) in [4.78, 5) is 0. The molecule has 1 heterocycles. The van der Waals surface area contributed by atoms with Gasteiger partial charge in [0.15, 0.2) is 0 Å². The SMILES string of the molecule is CC(C)(C)n1nc(Br)cc1C1CCCC1. The number of hydrogen-bond acceptors (Lipinski definition) is 1. The molecule has 1 aliphatic carbocycles. The number of rotatable bonds is 1. The molecule has 1 aromatic heterocycles. The summed E-state index contributed by atoms with van der Waals surface area (Å²) in [5.74, 6) is 0.725. The van der Waals surface area contributed by atoms with Gasteiger partial charge in [0.2, 0.25) is 0 Å². The smallest absolute Gasteiger partial charge is 0.128 e. The molecule has 0 atom stereocenters. The van der Waals surface area contributed by atoms with Gasteiger partial charge >= 0.3 is 0 Å². The van der Waals surface area contributed by atoms with E-state index in [-0.39, 0.29) is 5.54 Å². The Hall–Kier alpha value is -0.310. The molecule has 3 heteroatoms. The van der Waals surface area contributed by atoms with Crippen LogP contribution in [0.2, 0.25) is 0 Å². The molecule has 1 aromatic rings. The van der Waals surface area contributed by atoms with E-state index in [1.807, 2.05) is 0 Å². The van der Waals surface area contributed by atoms with E-state index in [0.717, 1.165) is 10.5 Å². The summed E-state index contributed by atoms with van der Waals surface area (Å²) in [6, 6.07) is 2.20. The molecule has 0 aliphatic heterocycles. The summed E-state index contributed by atoms with van der Waals surface area (Å²) in [7, 11) is 0. The molecular weight excluding hydrogens is 252 g/mol. The van der Waals surface area contributed by atoms with Crippen LogP contribution in [0.3, 0.4) is 0 Å². The highest BCUT2D eigenvalue weighted by Gasteiger charge is 2.26. The average molecular weight is 271 g/mol. The zero-order valence-electron chi connectivity index (χ0n) is 9.76. The molecule has 1 aliphatic rings. The van der Waals surface area contributed by atoms with E-state index in [1.54, 1.807) is 0 Å². The van der Waals surface area contributed by atoms with Crippen molar-refractivity contribution in [1.82, 2.24) is 9.78 Å². The molecule has 0 saturated heterocycles. The molecule has 0 amide bonds. The van der Waals surface area contributed by atoms with Crippen LogP contribution in [0.5, 0.6) is 0 Å². The third-order valence-electron chi connectivity index (χ3n) is 3.12.